The molecular weight excluding hydrogens is 470 g/mol. The molecule has 1 N–H and O–H groups in total. The summed E-state index contributed by atoms with van der Waals surface area (Å²) in [6.07, 6.45) is 1.12. The quantitative estimate of drug-likeness (QED) is 0.599. The molecule has 0 unspecified atom stereocenters. The van der Waals surface area contributed by atoms with Crippen LogP contribution in [0.25, 0.3) is 5.69 Å². The Kier molecular flexibility index (Phi) is 6.13. The van der Waals surface area contributed by atoms with Crippen LogP contribution in [0, 0.1) is 17.6 Å². The Bertz CT molecular complexity index is 1180. The third kappa shape index (κ3) is 4.82. The lowest BCUT2D eigenvalue weighted by Gasteiger charge is -2.32. The van der Waals surface area contributed by atoms with Crippen molar-refractivity contribution >= 4 is 33.3 Å². The topological polar surface area (TPSA) is 67.2 Å². The Balaban J connectivity index is 1.43. The minimum atomic E-state index is -0.496. The van der Waals surface area contributed by atoms with Crippen molar-refractivity contribution in [3.63, 3.8) is 0 Å². The number of carbonyl (C=O) groups is 1. The molecule has 1 saturated heterocycles. The molecule has 2 aromatic carbocycles. The summed E-state index contributed by atoms with van der Waals surface area (Å²) in [4.78, 5) is 26.7. The second-order valence-corrected chi connectivity index (χ2v) is 8.21. The highest BCUT2D eigenvalue weighted by molar-refractivity contribution is 9.10. The lowest BCUT2D eigenvalue weighted by atomic mass is 9.96. The molecule has 1 amide bonds. The molecule has 0 saturated carbocycles. The summed E-state index contributed by atoms with van der Waals surface area (Å²) >= 11 is 3.19. The normalized spacial score (nSPS) is 14.5. The third-order valence-electron chi connectivity index (χ3n) is 5.22. The number of carbonyl (C=O) groups excluding carboxylic acids is 1. The molecule has 1 aliphatic heterocycles. The van der Waals surface area contributed by atoms with E-state index in [9.17, 15) is 18.4 Å². The molecule has 0 spiro atoms. The first kappa shape index (κ1) is 21.2. The molecule has 6 nitrogen and oxygen atoms in total. The molecule has 1 fully saturated rings. The van der Waals surface area contributed by atoms with Crippen molar-refractivity contribution < 1.29 is 13.6 Å². The van der Waals surface area contributed by atoms with E-state index in [-0.39, 0.29) is 23.1 Å². The van der Waals surface area contributed by atoms with E-state index in [1.807, 2.05) is 4.90 Å². The van der Waals surface area contributed by atoms with Crippen LogP contribution >= 0.6 is 15.9 Å². The van der Waals surface area contributed by atoms with Gasteiger partial charge in [0.15, 0.2) is 0 Å². The van der Waals surface area contributed by atoms with E-state index < -0.39 is 11.6 Å². The van der Waals surface area contributed by atoms with Crippen molar-refractivity contribution in [3.05, 3.63) is 81.1 Å². The number of hydrogen-bond acceptors (Lipinski definition) is 4. The summed E-state index contributed by atoms with van der Waals surface area (Å²) in [6.45, 7) is 1.10. The maximum Gasteiger partial charge on any atom is 0.271 e. The summed E-state index contributed by atoms with van der Waals surface area (Å²) in [5.74, 6) is -0.858. The zero-order chi connectivity index (χ0) is 22.0. The molecule has 2 heterocycles. The van der Waals surface area contributed by atoms with Crippen LogP contribution in [0.4, 0.5) is 20.3 Å². The van der Waals surface area contributed by atoms with E-state index in [0.29, 0.717) is 41.9 Å². The third-order valence-corrected chi connectivity index (χ3v) is 5.71. The smallest absolute Gasteiger partial charge is 0.271 e. The Morgan fingerprint density at radius 2 is 1.84 bits per heavy atom. The number of nitrogens with zero attached hydrogens (tertiary/aromatic N) is 3. The molecule has 31 heavy (non-hydrogen) atoms. The van der Waals surface area contributed by atoms with Crippen molar-refractivity contribution in [2.45, 2.75) is 12.8 Å². The number of halogens is 3. The van der Waals surface area contributed by atoms with Gasteiger partial charge in [-0.1, -0.05) is 22.0 Å². The number of hydrogen-bond donors (Lipinski definition) is 1. The molecular formula is C22H19BrF2N4O2. The zero-order valence-corrected chi connectivity index (χ0v) is 18.0. The predicted molar refractivity (Wildman–Crippen MR) is 117 cm³/mol. The monoisotopic (exact) mass is 488 g/mol. The lowest BCUT2D eigenvalue weighted by Crippen LogP contribution is -2.39. The minimum Gasteiger partial charge on any atom is -0.355 e. The zero-order valence-electron chi connectivity index (χ0n) is 16.4. The highest BCUT2D eigenvalue weighted by atomic mass is 79.9. The van der Waals surface area contributed by atoms with Gasteiger partial charge in [0.25, 0.3) is 5.56 Å². The SMILES string of the molecule is O=C(Nc1ccc(Br)cc1F)C1CCN(c2ccc(=O)n(-c3cccc(F)c3)n2)CC1. The van der Waals surface area contributed by atoms with Gasteiger partial charge in [-0.2, -0.15) is 4.68 Å². The number of rotatable bonds is 4. The summed E-state index contributed by atoms with van der Waals surface area (Å²) in [6, 6.07) is 13.2. The fraction of sp³-hybridized carbons (Fsp3) is 0.227. The van der Waals surface area contributed by atoms with Crippen LogP contribution in [-0.2, 0) is 4.79 Å². The molecule has 0 atom stereocenters. The number of piperidine rings is 1. The predicted octanol–water partition coefficient (Wildman–Crippen LogP) is 4.13. The average molecular weight is 489 g/mol. The van der Waals surface area contributed by atoms with Crippen LogP contribution in [0.1, 0.15) is 12.8 Å². The fourth-order valence-electron chi connectivity index (χ4n) is 3.56. The van der Waals surface area contributed by atoms with Crippen LogP contribution in [0.2, 0.25) is 0 Å². The summed E-state index contributed by atoms with van der Waals surface area (Å²) in [5.41, 5.74) is 0.136. The van der Waals surface area contributed by atoms with Gasteiger partial charge >= 0.3 is 0 Å². The number of aromatic nitrogens is 2. The molecule has 1 aliphatic rings. The van der Waals surface area contributed by atoms with Gasteiger partial charge in [-0.05, 0) is 55.3 Å². The highest BCUT2D eigenvalue weighted by Gasteiger charge is 2.26. The Hall–Kier alpha value is -3.07. The Morgan fingerprint density at radius 1 is 1.06 bits per heavy atom. The number of anilines is 2. The molecule has 4 rings (SSSR count). The van der Waals surface area contributed by atoms with Crippen LogP contribution in [-0.4, -0.2) is 28.8 Å². The van der Waals surface area contributed by atoms with Gasteiger partial charge in [0.2, 0.25) is 5.91 Å². The number of nitrogens with one attached hydrogen (secondary N) is 1. The summed E-state index contributed by atoms with van der Waals surface area (Å²) in [7, 11) is 0. The van der Waals surface area contributed by atoms with Gasteiger partial charge in [-0.15, -0.1) is 5.10 Å². The van der Waals surface area contributed by atoms with Crippen LogP contribution < -0.4 is 15.8 Å². The molecule has 9 heteroatoms. The van der Waals surface area contributed by atoms with Crippen molar-refractivity contribution in [2.24, 2.45) is 5.92 Å². The van der Waals surface area contributed by atoms with Crippen molar-refractivity contribution in [2.75, 3.05) is 23.3 Å². The average Bonchev–Trinajstić information content (AvgIpc) is 2.76. The molecule has 160 valence electrons. The summed E-state index contributed by atoms with van der Waals surface area (Å²) < 4.78 is 29.3. The van der Waals surface area contributed by atoms with Crippen LogP contribution in [0.5, 0.6) is 0 Å². The van der Waals surface area contributed by atoms with Crippen molar-refractivity contribution in [1.29, 1.82) is 0 Å². The molecule has 0 radical (unpaired) electrons. The largest absolute Gasteiger partial charge is 0.355 e. The standard InChI is InChI=1S/C22H19BrF2N4O2/c23-15-4-5-19(18(25)12-15)26-22(31)14-8-10-28(11-9-14)20-6-7-21(30)29(27-20)17-3-1-2-16(24)13-17/h1-7,12-14H,8-11H2,(H,26,31). The first-order chi connectivity index (χ1) is 14.9. The molecule has 0 bridgehead atoms. The van der Waals surface area contributed by atoms with Crippen LogP contribution in [0.3, 0.4) is 0 Å². The fourth-order valence-corrected chi connectivity index (χ4v) is 3.89. The Morgan fingerprint density at radius 3 is 2.55 bits per heavy atom. The van der Waals surface area contributed by atoms with Gasteiger partial charge in [0.05, 0.1) is 11.4 Å². The van der Waals surface area contributed by atoms with Gasteiger partial charge in [-0.25, -0.2) is 8.78 Å². The summed E-state index contributed by atoms with van der Waals surface area (Å²) in [5, 5.41) is 7.03. The van der Waals surface area contributed by atoms with E-state index in [2.05, 4.69) is 26.3 Å². The van der Waals surface area contributed by atoms with Gasteiger partial charge in [-0.3, -0.25) is 9.59 Å². The van der Waals surface area contributed by atoms with E-state index in [4.69, 9.17) is 0 Å². The maximum absolute atomic E-state index is 14.0. The first-order valence-electron chi connectivity index (χ1n) is 9.78. The Labute approximate surface area is 185 Å². The minimum absolute atomic E-state index is 0.152. The molecule has 1 aromatic heterocycles. The van der Waals surface area contributed by atoms with Crippen LogP contribution in [0.15, 0.2) is 63.9 Å². The van der Waals surface area contributed by atoms with Gasteiger partial charge in [0.1, 0.15) is 17.5 Å². The first-order valence-corrected chi connectivity index (χ1v) is 10.6. The van der Waals surface area contributed by atoms with Crippen molar-refractivity contribution in [3.8, 4) is 5.69 Å². The van der Waals surface area contributed by atoms with Gasteiger partial charge < -0.3 is 10.2 Å². The molecule has 3 aromatic rings. The molecule has 0 aliphatic carbocycles. The second kappa shape index (κ2) is 8.97. The number of amides is 1. The van der Waals surface area contributed by atoms with E-state index in [1.165, 1.54) is 36.4 Å². The van der Waals surface area contributed by atoms with E-state index in [1.54, 1.807) is 18.2 Å². The van der Waals surface area contributed by atoms with E-state index in [0.717, 1.165) is 4.68 Å². The second-order valence-electron chi connectivity index (χ2n) is 7.30. The number of benzene rings is 2. The van der Waals surface area contributed by atoms with Gasteiger partial charge in [0, 0.05) is 29.5 Å². The van der Waals surface area contributed by atoms with Crippen molar-refractivity contribution in [1.82, 2.24) is 9.78 Å². The highest BCUT2D eigenvalue weighted by Crippen LogP contribution is 2.25. The maximum atomic E-state index is 14.0. The van der Waals surface area contributed by atoms with E-state index >= 15 is 0 Å². The lowest BCUT2D eigenvalue weighted by molar-refractivity contribution is -0.120.